The van der Waals surface area contributed by atoms with Crippen LogP contribution in [0.2, 0.25) is 0 Å². The van der Waals surface area contributed by atoms with Crippen molar-refractivity contribution >= 4 is 29.0 Å². The second kappa shape index (κ2) is 8.86. The van der Waals surface area contributed by atoms with Crippen LogP contribution < -0.4 is 10.1 Å². The quantitative estimate of drug-likeness (QED) is 0.712. The van der Waals surface area contributed by atoms with Gasteiger partial charge in [0.2, 0.25) is 0 Å². The second-order valence-corrected chi connectivity index (χ2v) is 7.40. The molecule has 0 spiro atoms. The number of rotatable bonds is 7. The summed E-state index contributed by atoms with van der Waals surface area (Å²) in [5.41, 5.74) is 3.00. The molecule has 2 heterocycles. The van der Waals surface area contributed by atoms with Crippen LogP contribution in [0.3, 0.4) is 0 Å². The molecule has 140 valence electrons. The fourth-order valence-corrected chi connectivity index (χ4v) is 3.31. The summed E-state index contributed by atoms with van der Waals surface area (Å²) in [6.45, 7) is 4.89. The molecular weight excluding hydrogens is 360 g/mol. The van der Waals surface area contributed by atoms with Gasteiger partial charge in [-0.1, -0.05) is 32.0 Å². The second-order valence-electron chi connectivity index (χ2n) is 6.38. The van der Waals surface area contributed by atoms with Gasteiger partial charge in [0.25, 0.3) is 11.1 Å². The Labute approximate surface area is 163 Å². The summed E-state index contributed by atoms with van der Waals surface area (Å²) in [6, 6.07) is 13.6. The SMILES string of the molecule is CCC(C)c1cccc(CCOc2ccc(C=C3SC(=O)NC3=O)cc2)n1. The molecule has 3 rings (SSSR count). The molecule has 0 aliphatic carbocycles. The first-order valence-corrected chi connectivity index (χ1v) is 9.80. The largest absolute Gasteiger partial charge is 0.493 e. The molecule has 1 N–H and O–H groups in total. The lowest BCUT2D eigenvalue weighted by Crippen LogP contribution is -2.17. The van der Waals surface area contributed by atoms with Gasteiger partial charge >= 0.3 is 0 Å². The van der Waals surface area contributed by atoms with E-state index in [1.807, 2.05) is 36.4 Å². The summed E-state index contributed by atoms with van der Waals surface area (Å²) in [7, 11) is 0. The number of hydrogen-bond acceptors (Lipinski definition) is 5. The number of nitrogens with one attached hydrogen (secondary N) is 1. The predicted molar refractivity (Wildman–Crippen MR) is 108 cm³/mol. The standard InChI is InChI=1S/C21H22N2O3S/c1-3-14(2)18-6-4-5-16(22-18)11-12-26-17-9-7-15(8-10-17)13-19-20(24)23-21(25)27-19/h4-10,13-14H,3,11-12H2,1-2H3,(H,23,24,25). The van der Waals surface area contributed by atoms with E-state index in [2.05, 4.69) is 25.2 Å². The molecule has 6 heteroatoms. The maximum Gasteiger partial charge on any atom is 0.290 e. The van der Waals surface area contributed by atoms with Gasteiger partial charge in [0.1, 0.15) is 5.75 Å². The Morgan fingerprint density at radius 3 is 2.63 bits per heavy atom. The Balaban J connectivity index is 1.54. The summed E-state index contributed by atoms with van der Waals surface area (Å²) in [6.07, 6.45) is 3.51. The van der Waals surface area contributed by atoms with Crippen molar-refractivity contribution in [2.45, 2.75) is 32.6 Å². The lowest BCUT2D eigenvalue weighted by molar-refractivity contribution is -0.115. The lowest BCUT2D eigenvalue weighted by Gasteiger charge is -2.10. The number of aromatic nitrogens is 1. The molecule has 1 atom stereocenters. The van der Waals surface area contributed by atoms with E-state index in [1.54, 1.807) is 6.08 Å². The number of benzene rings is 1. The van der Waals surface area contributed by atoms with E-state index < -0.39 is 0 Å². The van der Waals surface area contributed by atoms with Crippen LogP contribution in [0.15, 0.2) is 47.4 Å². The molecule has 27 heavy (non-hydrogen) atoms. The number of carbonyl (C=O) groups excluding carboxylic acids is 2. The molecule has 0 saturated carbocycles. The summed E-state index contributed by atoms with van der Waals surface area (Å²) in [4.78, 5) is 27.9. The Morgan fingerprint density at radius 1 is 1.19 bits per heavy atom. The maximum atomic E-state index is 11.6. The molecule has 0 radical (unpaired) electrons. The van der Waals surface area contributed by atoms with Crippen molar-refractivity contribution < 1.29 is 14.3 Å². The molecule has 1 aliphatic heterocycles. The zero-order valence-corrected chi connectivity index (χ0v) is 16.2. The van der Waals surface area contributed by atoms with E-state index in [4.69, 9.17) is 9.72 Å². The third kappa shape index (κ3) is 5.20. The number of pyridine rings is 1. The molecule has 1 aromatic heterocycles. The maximum absolute atomic E-state index is 11.6. The minimum Gasteiger partial charge on any atom is -0.493 e. The van der Waals surface area contributed by atoms with Crippen LogP contribution in [0.4, 0.5) is 4.79 Å². The normalized spacial score (nSPS) is 16.4. The Hall–Kier alpha value is -2.60. The molecule has 1 saturated heterocycles. The Bertz CT molecular complexity index is 862. The molecule has 1 aromatic carbocycles. The fraction of sp³-hybridized carbons (Fsp3) is 0.286. The molecule has 0 bridgehead atoms. The molecule has 1 unspecified atom stereocenters. The van der Waals surface area contributed by atoms with E-state index in [9.17, 15) is 9.59 Å². The monoisotopic (exact) mass is 382 g/mol. The number of nitrogens with zero attached hydrogens (tertiary/aromatic N) is 1. The zero-order chi connectivity index (χ0) is 19.2. The van der Waals surface area contributed by atoms with E-state index in [-0.39, 0.29) is 11.1 Å². The minimum atomic E-state index is -0.350. The third-order valence-corrected chi connectivity index (χ3v) is 5.20. The van der Waals surface area contributed by atoms with Crippen molar-refractivity contribution in [1.29, 1.82) is 0 Å². The van der Waals surface area contributed by atoms with Crippen LogP contribution in [-0.2, 0) is 11.2 Å². The van der Waals surface area contributed by atoms with Gasteiger partial charge in [-0.05, 0) is 60.0 Å². The highest BCUT2D eigenvalue weighted by Crippen LogP contribution is 2.26. The molecule has 1 aliphatic rings. The van der Waals surface area contributed by atoms with Crippen LogP contribution in [-0.4, -0.2) is 22.7 Å². The van der Waals surface area contributed by atoms with E-state index in [0.717, 1.165) is 47.3 Å². The smallest absolute Gasteiger partial charge is 0.290 e. The van der Waals surface area contributed by atoms with E-state index in [0.29, 0.717) is 17.4 Å². The van der Waals surface area contributed by atoms with Gasteiger partial charge < -0.3 is 4.74 Å². The first-order valence-electron chi connectivity index (χ1n) is 8.98. The summed E-state index contributed by atoms with van der Waals surface area (Å²) >= 11 is 0.912. The molecule has 2 amide bonds. The Kier molecular flexibility index (Phi) is 6.29. The van der Waals surface area contributed by atoms with Crippen LogP contribution in [0.5, 0.6) is 5.75 Å². The molecular formula is C21H22N2O3S. The van der Waals surface area contributed by atoms with Gasteiger partial charge in [-0.25, -0.2) is 0 Å². The number of imide groups is 1. The highest BCUT2D eigenvalue weighted by Gasteiger charge is 2.24. The molecule has 2 aromatic rings. The van der Waals surface area contributed by atoms with Gasteiger partial charge in [-0.3, -0.25) is 19.9 Å². The number of hydrogen-bond donors (Lipinski definition) is 1. The number of ether oxygens (including phenoxy) is 1. The summed E-state index contributed by atoms with van der Waals surface area (Å²) in [5, 5.41) is 1.91. The van der Waals surface area contributed by atoms with Gasteiger partial charge in [0.05, 0.1) is 11.5 Å². The summed E-state index contributed by atoms with van der Waals surface area (Å²) in [5.74, 6) is 0.871. The fourth-order valence-electron chi connectivity index (χ4n) is 2.63. The van der Waals surface area contributed by atoms with Gasteiger partial charge in [-0.15, -0.1) is 0 Å². The van der Waals surface area contributed by atoms with Crippen molar-refractivity contribution in [2.75, 3.05) is 6.61 Å². The highest BCUT2D eigenvalue weighted by molar-refractivity contribution is 8.18. The number of amides is 2. The molecule has 1 fully saturated rings. The van der Waals surface area contributed by atoms with Crippen molar-refractivity contribution in [2.24, 2.45) is 0 Å². The highest BCUT2D eigenvalue weighted by atomic mass is 32.2. The lowest BCUT2D eigenvalue weighted by atomic mass is 10.0. The average molecular weight is 382 g/mol. The summed E-state index contributed by atoms with van der Waals surface area (Å²) < 4.78 is 5.80. The van der Waals surface area contributed by atoms with Crippen LogP contribution >= 0.6 is 11.8 Å². The van der Waals surface area contributed by atoms with Gasteiger partial charge in [-0.2, -0.15) is 0 Å². The van der Waals surface area contributed by atoms with E-state index in [1.165, 1.54) is 0 Å². The van der Waals surface area contributed by atoms with Crippen molar-refractivity contribution in [3.8, 4) is 5.75 Å². The Morgan fingerprint density at radius 2 is 1.96 bits per heavy atom. The number of thioether (sulfide) groups is 1. The van der Waals surface area contributed by atoms with Gasteiger partial charge in [0, 0.05) is 17.8 Å². The van der Waals surface area contributed by atoms with Crippen molar-refractivity contribution in [1.82, 2.24) is 10.3 Å². The van der Waals surface area contributed by atoms with Crippen LogP contribution in [0.25, 0.3) is 6.08 Å². The van der Waals surface area contributed by atoms with Crippen LogP contribution in [0.1, 0.15) is 43.1 Å². The predicted octanol–water partition coefficient (Wildman–Crippen LogP) is 4.54. The van der Waals surface area contributed by atoms with Crippen molar-refractivity contribution in [3.05, 3.63) is 64.3 Å². The first-order chi connectivity index (χ1) is 13.0. The topological polar surface area (TPSA) is 68.3 Å². The van der Waals surface area contributed by atoms with Crippen LogP contribution in [0, 0.1) is 0 Å². The first kappa shape index (κ1) is 19.2. The average Bonchev–Trinajstić information content (AvgIpc) is 2.99. The number of carbonyl (C=O) groups is 2. The third-order valence-electron chi connectivity index (χ3n) is 4.39. The molecule has 5 nitrogen and oxygen atoms in total. The van der Waals surface area contributed by atoms with Gasteiger partial charge in [0.15, 0.2) is 0 Å². The van der Waals surface area contributed by atoms with E-state index >= 15 is 0 Å². The minimum absolute atomic E-state index is 0.336. The van der Waals surface area contributed by atoms with Crippen molar-refractivity contribution in [3.63, 3.8) is 0 Å². The zero-order valence-electron chi connectivity index (χ0n) is 15.4.